The van der Waals surface area contributed by atoms with Crippen molar-refractivity contribution in [3.63, 3.8) is 0 Å². The van der Waals surface area contributed by atoms with E-state index in [9.17, 15) is 14.4 Å². The van der Waals surface area contributed by atoms with Gasteiger partial charge >= 0.3 is 0 Å². The van der Waals surface area contributed by atoms with Crippen LogP contribution in [0.2, 0.25) is 0 Å². The molecule has 0 spiro atoms. The Labute approximate surface area is 169 Å². The summed E-state index contributed by atoms with van der Waals surface area (Å²) in [5.74, 6) is 0.614. The molecule has 29 heavy (non-hydrogen) atoms. The van der Waals surface area contributed by atoms with Crippen LogP contribution in [0.3, 0.4) is 0 Å². The van der Waals surface area contributed by atoms with Gasteiger partial charge in [0.25, 0.3) is 11.1 Å². The molecule has 150 valence electrons. The molecule has 1 aliphatic heterocycles. The van der Waals surface area contributed by atoms with Crippen molar-refractivity contribution in [2.24, 2.45) is 5.92 Å². The van der Waals surface area contributed by atoms with Gasteiger partial charge in [0.05, 0.1) is 18.7 Å². The van der Waals surface area contributed by atoms with Crippen LogP contribution in [0.25, 0.3) is 11.5 Å². The summed E-state index contributed by atoms with van der Waals surface area (Å²) in [5, 5.41) is 7.75. The predicted octanol–water partition coefficient (Wildman–Crippen LogP) is 0.907. The normalized spacial score (nSPS) is 15.7. The lowest BCUT2D eigenvalue weighted by Crippen LogP contribution is -2.41. The fraction of sp³-hybridized carbons (Fsp3) is 0.316. The first-order valence-electron chi connectivity index (χ1n) is 9.12. The minimum absolute atomic E-state index is 0.120. The molecule has 9 nitrogen and oxygen atoms in total. The summed E-state index contributed by atoms with van der Waals surface area (Å²) >= 11 is 1.39. The number of aromatic nitrogens is 4. The van der Waals surface area contributed by atoms with Crippen LogP contribution in [0.4, 0.5) is 0 Å². The van der Waals surface area contributed by atoms with Crippen LogP contribution in [0.15, 0.2) is 55.9 Å². The van der Waals surface area contributed by atoms with Crippen LogP contribution in [0.1, 0.15) is 5.56 Å². The van der Waals surface area contributed by atoms with Crippen molar-refractivity contribution >= 4 is 17.7 Å². The van der Waals surface area contributed by atoms with Crippen molar-refractivity contribution < 1.29 is 9.21 Å². The molecule has 0 aliphatic carbocycles. The molecule has 0 radical (unpaired) electrons. The second-order valence-electron chi connectivity index (χ2n) is 6.70. The molecule has 1 aliphatic rings. The van der Waals surface area contributed by atoms with Gasteiger partial charge in [0, 0.05) is 36.7 Å². The molecule has 1 N–H and O–H groups in total. The third-order valence-electron chi connectivity index (χ3n) is 4.63. The number of furan rings is 1. The van der Waals surface area contributed by atoms with Gasteiger partial charge in [0.1, 0.15) is 5.69 Å². The van der Waals surface area contributed by atoms with E-state index in [1.54, 1.807) is 35.9 Å². The van der Waals surface area contributed by atoms with Gasteiger partial charge in [-0.15, -0.1) is 0 Å². The van der Waals surface area contributed by atoms with Crippen LogP contribution in [0, 0.1) is 12.8 Å². The number of carbonyl (C=O) groups excluding carboxylic acids is 1. The maximum Gasteiger partial charge on any atom is 0.266 e. The third kappa shape index (κ3) is 4.02. The van der Waals surface area contributed by atoms with Crippen molar-refractivity contribution in [2.45, 2.75) is 25.2 Å². The topological polar surface area (TPSA) is 112 Å². The number of fused-ring (bicyclic) bond motifs is 1. The maximum absolute atomic E-state index is 12.5. The molecule has 0 aromatic carbocycles. The largest absolute Gasteiger partial charge is 0.463 e. The highest BCUT2D eigenvalue weighted by Crippen LogP contribution is 2.24. The Morgan fingerprint density at radius 2 is 2.21 bits per heavy atom. The van der Waals surface area contributed by atoms with E-state index in [0.717, 1.165) is 0 Å². The Morgan fingerprint density at radius 1 is 1.34 bits per heavy atom. The average Bonchev–Trinajstić information content (AvgIpc) is 3.27. The van der Waals surface area contributed by atoms with Gasteiger partial charge in [0.15, 0.2) is 10.9 Å². The third-order valence-corrected chi connectivity index (χ3v) is 5.79. The molecular weight excluding hydrogens is 394 g/mol. The van der Waals surface area contributed by atoms with E-state index in [2.05, 4.69) is 15.4 Å². The molecular formula is C19H19N5O4S. The number of hydrogen-bond acceptors (Lipinski definition) is 7. The highest BCUT2D eigenvalue weighted by Gasteiger charge is 2.26. The summed E-state index contributed by atoms with van der Waals surface area (Å²) in [6, 6.07) is 6.52. The van der Waals surface area contributed by atoms with Gasteiger partial charge in [0.2, 0.25) is 5.91 Å². The first-order chi connectivity index (χ1) is 14.0. The van der Waals surface area contributed by atoms with E-state index < -0.39 is 0 Å². The number of nitrogens with one attached hydrogen (secondary N) is 1. The second-order valence-corrected chi connectivity index (χ2v) is 7.68. The minimum Gasteiger partial charge on any atom is -0.463 e. The maximum atomic E-state index is 12.5. The molecule has 0 bridgehead atoms. The molecule has 0 saturated carbocycles. The number of amides is 1. The molecule has 0 saturated heterocycles. The molecule has 4 heterocycles. The van der Waals surface area contributed by atoms with Crippen molar-refractivity contribution in [2.75, 3.05) is 12.3 Å². The number of rotatable bonds is 5. The summed E-state index contributed by atoms with van der Waals surface area (Å²) < 4.78 is 8.14. The number of aryl methyl sites for hydroxylation is 1. The van der Waals surface area contributed by atoms with E-state index in [4.69, 9.17) is 4.42 Å². The summed E-state index contributed by atoms with van der Waals surface area (Å²) in [4.78, 5) is 41.1. The lowest BCUT2D eigenvalue weighted by Gasteiger charge is -2.24. The Bertz CT molecular complexity index is 1150. The molecule has 4 rings (SSSR count). The second kappa shape index (κ2) is 8.08. The highest BCUT2D eigenvalue weighted by molar-refractivity contribution is 7.99. The van der Waals surface area contributed by atoms with E-state index in [0.29, 0.717) is 34.5 Å². The Morgan fingerprint density at radius 3 is 3.00 bits per heavy atom. The summed E-state index contributed by atoms with van der Waals surface area (Å²) in [6.45, 7) is 2.49. The zero-order valence-electron chi connectivity index (χ0n) is 15.7. The molecule has 3 aromatic rings. The van der Waals surface area contributed by atoms with Crippen LogP contribution < -0.4 is 16.4 Å². The fourth-order valence-electron chi connectivity index (χ4n) is 3.05. The van der Waals surface area contributed by atoms with Crippen molar-refractivity contribution in [3.05, 3.63) is 63.0 Å². The molecule has 3 aromatic heterocycles. The van der Waals surface area contributed by atoms with Gasteiger partial charge in [-0.1, -0.05) is 11.8 Å². The van der Waals surface area contributed by atoms with Crippen molar-refractivity contribution in [1.29, 1.82) is 0 Å². The van der Waals surface area contributed by atoms with Crippen LogP contribution in [-0.4, -0.2) is 37.5 Å². The smallest absolute Gasteiger partial charge is 0.266 e. The SMILES string of the molecule is Cc1cnc2n(c1=O)CC(C(=O)NCCn1nc(-c3ccco3)ccc1=O)CS2. The predicted molar refractivity (Wildman–Crippen MR) is 107 cm³/mol. The van der Waals surface area contributed by atoms with Crippen LogP contribution >= 0.6 is 11.8 Å². The quantitative estimate of drug-likeness (QED) is 0.619. The Kier molecular flexibility index (Phi) is 5.34. The molecule has 1 atom stereocenters. The van der Waals surface area contributed by atoms with Gasteiger partial charge in [-0.3, -0.25) is 19.0 Å². The van der Waals surface area contributed by atoms with Gasteiger partial charge in [-0.25, -0.2) is 9.67 Å². The number of nitrogens with zero attached hydrogens (tertiary/aromatic N) is 4. The fourth-order valence-corrected chi connectivity index (χ4v) is 4.10. The monoisotopic (exact) mass is 413 g/mol. The number of hydrogen-bond donors (Lipinski definition) is 1. The zero-order chi connectivity index (χ0) is 20.4. The van der Waals surface area contributed by atoms with Crippen LogP contribution in [-0.2, 0) is 17.9 Å². The lowest BCUT2D eigenvalue weighted by atomic mass is 10.1. The van der Waals surface area contributed by atoms with Crippen LogP contribution in [0.5, 0.6) is 0 Å². The first kappa shape index (κ1) is 19.2. The van der Waals surface area contributed by atoms with E-state index >= 15 is 0 Å². The lowest BCUT2D eigenvalue weighted by molar-refractivity contribution is -0.124. The first-order valence-corrected chi connectivity index (χ1v) is 10.1. The molecule has 1 amide bonds. The van der Waals surface area contributed by atoms with Gasteiger partial charge in [-0.2, -0.15) is 5.10 Å². The summed E-state index contributed by atoms with van der Waals surface area (Å²) in [5.41, 5.74) is 0.719. The molecule has 10 heteroatoms. The zero-order valence-corrected chi connectivity index (χ0v) is 16.5. The minimum atomic E-state index is -0.340. The van der Waals surface area contributed by atoms with Crippen molar-refractivity contribution in [1.82, 2.24) is 24.6 Å². The number of thioether (sulfide) groups is 1. The van der Waals surface area contributed by atoms with E-state index in [-0.39, 0.29) is 36.0 Å². The van der Waals surface area contributed by atoms with E-state index in [1.807, 2.05) is 0 Å². The number of carbonyl (C=O) groups is 1. The van der Waals surface area contributed by atoms with E-state index in [1.165, 1.54) is 28.8 Å². The molecule has 1 unspecified atom stereocenters. The summed E-state index contributed by atoms with van der Waals surface area (Å²) in [6.07, 6.45) is 3.10. The van der Waals surface area contributed by atoms with Gasteiger partial charge < -0.3 is 9.73 Å². The summed E-state index contributed by atoms with van der Waals surface area (Å²) in [7, 11) is 0. The van der Waals surface area contributed by atoms with Crippen molar-refractivity contribution in [3.8, 4) is 11.5 Å². The average molecular weight is 413 g/mol. The Balaban J connectivity index is 1.38. The Hall–Kier alpha value is -3.14. The molecule has 0 fully saturated rings. The van der Waals surface area contributed by atoms with Gasteiger partial charge in [-0.05, 0) is 25.1 Å². The highest BCUT2D eigenvalue weighted by atomic mass is 32.2. The standard InChI is InChI=1S/C19H19N5O4S/c1-12-9-21-19-23(18(12)27)10-13(11-29-19)17(26)20-6-7-24-16(25)5-4-14(22-24)15-3-2-8-28-15/h2-5,8-9,13H,6-7,10-11H2,1H3,(H,20,26).